The van der Waals surface area contributed by atoms with E-state index >= 15 is 0 Å². The fraction of sp³-hybridized carbons (Fsp3) is 0.875. The molecule has 3 nitrogen and oxygen atoms in total. The van der Waals surface area contributed by atoms with Gasteiger partial charge < -0.3 is 9.47 Å². The number of carbonyl (C=O) groups is 1. The molecule has 0 spiro atoms. The monoisotopic (exact) mass is 208 g/mol. The van der Waals surface area contributed by atoms with E-state index in [1.165, 1.54) is 6.92 Å². The Morgan fingerprint density at radius 3 is 2.50 bits per heavy atom. The van der Waals surface area contributed by atoms with Gasteiger partial charge in [0, 0.05) is 28.6 Å². The Balaban J connectivity index is 0. The molecule has 0 saturated carbocycles. The molecule has 1 unspecified atom stereocenters. The maximum absolute atomic E-state index is 10.4. The number of carbonyl (C=O) groups excluding carboxylic acids is 1. The fourth-order valence-corrected chi connectivity index (χ4v) is 0.661. The van der Waals surface area contributed by atoms with Gasteiger partial charge in [0.2, 0.25) is 0 Å². The topological polar surface area (TPSA) is 35.5 Å². The molecule has 0 N–H and O–H groups in total. The number of ether oxygens (including phenoxy) is 2. The number of unbranched alkanes of at least 4 members (excludes halogenated alkanes) is 1. The number of hydrogen-bond acceptors (Lipinski definition) is 3. The average Bonchev–Trinajstić information content (AvgIpc) is 1.86. The number of rotatable bonds is 5. The van der Waals surface area contributed by atoms with E-state index in [0.717, 1.165) is 12.8 Å². The molecule has 0 rings (SSSR count). The summed E-state index contributed by atoms with van der Waals surface area (Å²) in [6.45, 7) is 5.83. The van der Waals surface area contributed by atoms with E-state index in [1.807, 2.05) is 0 Å². The first-order valence-electron chi connectivity index (χ1n) is 3.95. The summed E-state index contributed by atoms with van der Waals surface area (Å²) in [5.41, 5.74) is 0. The quantitative estimate of drug-likeness (QED) is 0.298. The molecule has 0 aromatic heterocycles. The van der Waals surface area contributed by atoms with Crippen LogP contribution in [0.3, 0.4) is 0 Å². The van der Waals surface area contributed by atoms with E-state index < -0.39 is 6.29 Å². The smallest absolute Gasteiger partial charge is 0.304 e. The van der Waals surface area contributed by atoms with Gasteiger partial charge in [0.1, 0.15) is 0 Å². The summed E-state index contributed by atoms with van der Waals surface area (Å²) in [7, 11) is 0. The first kappa shape index (κ1) is 14.7. The minimum atomic E-state index is -0.404. The summed E-state index contributed by atoms with van der Waals surface area (Å²) in [4.78, 5) is 10.4. The molecule has 1 atom stereocenters. The van der Waals surface area contributed by atoms with Crippen molar-refractivity contribution in [1.29, 1.82) is 0 Å². The van der Waals surface area contributed by atoms with Crippen LogP contribution in [-0.2, 0) is 36.0 Å². The van der Waals surface area contributed by atoms with E-state index in [-0.39, 0.29) is 27.7 Å². The normalized spacial score (nSPS) is 11.6. The Morgan fingerprint density at radius 1 is 1.50 bits per heavy atom. The molecule has 0 amide bonds. The van der Waals surface area contributed by atoms with Crippen molar-refractivity contribution in [3.05, 3.63) is 0 Å². The van der Waals surface area contributed by atoms with Crippen LogP contribution in [0.5, 0.6) is 0 Å². The SMILES string of the molecule is CCCCOC(C)OC(C)=O.[Ti]. The van der Waals surface area contributed by atoms with Gasteiger partial charge in [0.25, 0.3) is 0 Å². The summed E-state index contributed by atoms with van der Waals surface area (Å²) < 4.78 is 9.89. The van der Waals surface area contributed by atoms with Gasteiger partial charge in [0.15, 0.2) is 6.29 Å². The van der Waals surface area contributed by atoms with Crippen LogP contribution < -0.4 is 0 Å². The van der Waals surface area contributed by atoms with Crippen molar-refractivity contribution in [2.75, 3.05) is 6.61 Å². The van der Waals surface area contributed by atoms with Crippen molar-refractivity contribution >= 4 is 5.97 Å². The molecule has 0 radical (unpaired) electrons. The van der Waals surface area contributed by atoms with Crippen molar-refractivity contribution in [2.24, 2.45) is 0 Å². The minimum Gasteiger partial charge on any atom is -0.436 e. The summed E-state index contributed by atoms with van der Waals surface area (Å²) in [5, 5.41) is 0. The van der Waals surface area contributed by atoms with Crippen LogP contribution in [0.1, 0.15) is 33.6 Å². The van der Waals surface area contributed by atoms with Gasteiger partial charge in [-0.2, -0.15) is 0 Å². The zero-order chi connectivity index (χ0) is 8.69. The van der Waals surface area contributed by atoms with E-state index in [9.17, 15) is 4.79 Å². The minimum absolute atomic E-state index is 0. The van der Waals surface area contributed by atoms with Gasteiger partial charge in [-0.1, -0.05) is 13.3 Å². The first-order chi connectivity index (χ1) is 5.16. The molecule has 70 valence electrons. The van der Waals surface area contributed by atoms with Gasteiger partial charge in [-0.15, -0.1) is 0 Å². The number of esters is 1. The second-order valence-electron chi connectivity index (χ2n) is 2.40. The largest absolute Gasteiger partial charge is 0.436 e. The summed E-state index contributed by atoms with van der Waals surface area (Å²) in [5.74, 6) is -0.297. The van der Waals surface area contributed by atoms with Crippen LogP contribution in [0, 0.1) is 0 Å². The van der Waals surface area contributed by atoms with Gasteiger partial charge >= 0.3 is 5.97 Å². The number of hydrogen-bond donors (Lipinski definition) is 0. The Bertz CT molecular complexity index is 117. The Labute approximate surface area is 88.7 Å². The summed E-state index contributed by atoms with van der Waals surface area (Å²) >= 11 is 0. The third kappa shape index (κ3) is 10.1. The van der Waals surface area contributed by atoms with E-state index in [1.54, 1.807) is 6.92 Å². The molecular formula is C8H16O3Ti. The zero-order valence-electron chi connectivity index (χ0n) is 7.92. The zero-order valence-corrected chi connectivity index (χ0v) is 9.48. The van der Waals surface area contributed by atoms with Crippen LogP contribution in [0.4, 0.5) is 0 Å². The molecule has 0 aliphatic heterocycles. The van der Waals surface area contributed by atoms with Gasteiger partial charge in [-0.05, 0) is 13.3 Å². The first-order valence-corrected chi connectivity index (χ1v) is 3.95. The third-order valence-electron chi connectivity index (χ3n) is 1.18. The molecular weight excluding hydrogens is 192 g/mol. The maximum Gasteiger partial charge on any atom is 0.304 e. The van der Waals surface area contributed by atoms with E-state index in [0.29, 0.717) is 6.61 Å². The second-order valence-corrected chi connectivity index (χ2v) is 2.40. The van der Waals surface area contributed by atoms with Gasteiger partial charge in [-0.3, -0.25) is 4.79 Å². The maximum atomic E-state index is 10.4. The van der Waals surface area contributed by atoms with Crippen LogP contribution in [0.15, 0.2) is 0 Å². The van der Waals surface area contributed by atoms with Crippen molar-refractivity contribution in [1.82, 2.24) is 0 Å². The van der Waals surface area contributed by atoms with E-state index in [2.05, 4.69) is 6.92 Å². The van der Waals surface area contributed by atoms with Crippen LogP contribution in [0.25, 0.3) is 0 Å². The molecule has 0 bridgehead atoms. The van der Waals surface area contributed by atoms with Gasteiger partial charge in [-0.25, -0.2) is 0 Å². The van der Waals surface area contributed by atoms with Crippen molar-refractivity contribution in [3.63, 3.8) is 0 Å². The molecule has 4 heteroatoms. The molecule has 0 heterocycles. The summed E-state index contributed by atoms with van der Waals surface area (Å²) in [6, 6.07) is 0. The fourth-order valence-electron chi connectivity index (χ4n) is 0.661. The molecule has 0 aliphatic rings. The van der Waals surface area contributed by atoms with Crippen LogP contribution in [-0.4, -0.2) is 18.9 Å². The standard InChI is InChI=1S/C8H16O3.Ti/c1-4-5-6-10-8(3)11-7(2)9;/h8H,4-6H2,1-3H3;. The third-order valence-corrected chi connectivity index (χ3v) is 1.18. The van der Waals surface area contributed by atoms with Crippen molar-refractivity contribution in [3.8, 4) is 0 Å². The molecule has 0 aromatic rings. The van der Waals surface area contributed by atoms with Gasteiger partial charge in [0.05, 0.1) is 6.61 Å². The predicted octanol–water partition coefficient (Wildman–Crippen LogP) is 1.71. The summed E-state index contributed by atoms with van der Waals surface area (Å²) in [6.07, 6.45) is 1.69. The Kier molecular flexibility index (Phi) is 11.3. The Morgan fingerprint density at radius 2 is 2.08 bits per heavy atom. The molecule has 0 aromatic carbocycles. The van der Waals surface area contributed by atoms with E-state index in [4.69, 9.17) is 9.47 Å². The molecule has 0 fully saturated rings. The Hall–Kier alpha value is 0.144. The van der Waals surface area contributed by atoms with Crippen molar-refractivity contribution in [2.45, 2.75) is 39.9 Å². The second kappa shape index (κ2) is 9.23. The molecule has 12 heavy (non-hydrogen) atoms. The van der Waals surface area contributed by atoms with Crippen LogP contribution >= 0.6 is 0 Å². The predicted molar refractivity (Wildman–Crippen MR) is 42.1 cm³/mol. The average molecular weight is 208 g/mol. The van der Waals surface area contributed by atoms with Crippen LogP contribution in [0.2, 0.25) is 0 Å². The molecule has 0 saturated heterocycles. The van der Waals surface area contributed by atoms with Crippen molar-refractivity contribution < 1.29 is 36.0 Å². The molecule has 0 aliphatic carbocycles.